The summed E-state index contributed by atoms with van der Waals surface area (Å²) >= 11 is 0. The van der Waals surface area contributed by atoms with Gasteiger partial charge >= 0.3 is 0 Å². The molecule has 0 bridgehead atoms. The van der Waals surface area contributed by atoms with E-state index in [-0.39, 0.29) is 11.5 Å². The zero-order valence-electron chi connectivity index (χ0n) is 16.3. The highest BCUT2D eigenvalue weighted by atomic mass is 16.7. The Kier molecular flexibility index (Phi) is 5.93. The van der Waals surface area contributed by atoms with E-state index in [9.17, 15) is 4.79 Å². The molecule has 26 heavy (non-hydrogen) atoms. The van der Waals surface area contributed by atoms with Crippen LogP contribution < -0.4 is 0 Å². The minimum absolute atomic E-state index is 0.117. The summed E-state index contributed by atoms with van der Waals surface area (Å²) in [6.07, 6.45) is 4.52. The molecule has 4 nitrogen and oxygen atoms in total. The zero-order chi connectivity index (χ0) is 18.6. The maximum Gasteiger partial charge on any atom is 0.169 e. The number of aliphatic imine (C=N–C) groups is 1. The molecule has 0 aromatic heterocycles. The summed E-state index contributed by atoms with van der Waals surface area (Å²) in [5.41, 5.74) is 2.28. The van der Waals surface area contributed by atoms with Crippen LogP contribution in [0.3, 0.4) is 0 Å². The molecule has 1 aromatic rings. The number of ketones is 1. The molecule has 1 aliphatic carbocycles. The van der Waals surface area contributed by atoms with Gasteiger partial charge in [0, 0.05) is 36.8 Å². The van der Waals surface area contributed by atoms with Crippen LogP contribution in [-0.4, -0.2) is 30.5 Å². The number of nitrogens with zero attached hydrogens (tertiary/aromatic N) is 1. The number of ether oxygens (including phenoxy) is 2. The lowest BCUT2D eigenvalue weighted by Gasteiger charge is -2.44. The van der Waals surface area contributed by atoms with Crippen molar-refractivity contribution in [2.45, 2.75) is 71.1 Å². The molecule has 0 radical (unpaired) electrons. The molecule has 1 spiro atoms. The van der Waals surface area contributed by atoms with Crippen molar-refractivity contribution in [2.75, 3.05) is 13.2 Å². The molecule has 2 fully saturated rings. The third-order valence-electron chi connectivity index (χ3n) is 5.89. The second-order valence-electron chi connectivity index (χ2n) is 7.90. The van der Waals surface area contributed by atoms with Gasteiger partial charge in [-0.2, -0.15) is 0 Å². The maximum atomic E-state index is 12.0. The molecule has 2 atom stereocenters. The Morgan fingerprint density at radius 1 is 1.23 bits per heavy atom. The van der Waals surface area contributed by atoms with E-state index in [4.69, 9.17) is 14.5 Å². The van der Waals surface area contributed by atoms with Crippen molar-refractivity contribution in [3.8, 4) is 0 Å². The summed E-state index contributed by atoms with van der Waals surface area (Å²) in [5, 5.41) is 0. The van der Waals surface area contributed by atoms with Gasteiger partial charge in [-0.15, -0.1) is 0 Å². The van der Waals surface area contributed by atoms with Crippen LogP contribution in [0.25, 0.3) is 0 Å². The van der Waals surface area contributed by atoms with Crippen molar-refractivity contribution in [1.29, 1.82) is 0 Å². The average Bonchev–Trinajstić information content (AvgIpc) is 3.10. The fourth-order valence-corrected chi connectivity index (χ4v) is 4.22. The summed E-state index contributed by atoms with van der Waals surface area (Å²) < 4.78 is 12.0. The van der Waals surface area contributed by atoms with Gasteiger partial charge in [0.25, 0.3) is 0 Å². The van der Waals surface area contributed by atoms with Gasteiger partial charge in [0.1, 0.15) is 5.78 Å². The molecule has 0 unspecified atom stereocenters. The number of benzene rings is 1. The first kappa shape index (κ1) is 19.2. The summed E-state index contributed by atoms with van der Waals surface area (Å²) in [7, 11) is 0. The minimum Gasteiger partial charge on any atom is -0.347 e. The molecule has 1 aliphatic heterocycles. The largest absolute Gasteiger partial charge is 0.347 e. The van der Waals surface area contributed by atoms with Crippen molar-refractivity contribution in [3.05, 3.63) is 35.9 Å². The number of rotatable bonds is 6. The predicted molar refractivity (Wildman–Crippen MR) is 103 cm³/mol. The Hall–Kier alpha value is -1.52. The Morgan fingerprint density at radius 3 is 2.58 bits per heavy atom. The lowest BCUT2D eigenvalue weighted by molar-refractivity contribution is -0.184. The summed E-state index contributed by atoms with van der Waals surface area (Å²) in [4.78, 5) is 17.1. The van der Waals surface area contributed by atoms with Gasteiger partial charge in [0.15, 0.2) is 5.79 Å². The monoisotopic (exact) mass is 357 g/mol. The van der Waals surface area contributed by atoms with Crippen molar-refractivity contribution < 1.29 is 14.3 Å². The number of Topliss-reactive ketones (excluding diaryl/α,β-unsaturated/α-hetero) is 1. The van der Waals surface area contributed by atoms with Crippen LogP contribution in [0, 0.1) is 5.41 Å². The van der Waals surface area contributed by atoms with Gasteiger partial charge in [0.05, 0.1) is 19.3 Å². The summed E-state index contributed by atoms with van der Waals surface area (Å²) in [6, 6.07) is 10.5. The molecule has 1 heterocycles. The molecule has 1 saturated heterocycles. The van der Waals surface area contributed by atoms with Gasteiger partial charge < -0.3 is 9.47 Å². The molecule has 4 heteroatoms. The highest BCUT2D eigenvalue weighted by molar-refractivity contribution is 5.91. The molecule has 1 saturated carbocycles. The fraction of sp³-hybridized carbons (Fsp3) is 0.636. The smallest absolute Gasteiger partial charge is 0.169 e. The van der Waals surface area contributed by atoms with Gasteiger partial charge in [-0.3, -0.25) is 9.79 Å². The summed E-state index contributed by atoms with van der Waals surface area (Å²) in [6.45, 7) is 7.64. The second-order valence-corrected chi connectivity index (χ2v) is 7.90. The maximum absolute atomic E-state index is 12.0. The summed E-state index contributed by atoms with van der Waals surface area (Å²) in [5.74, 6) is -0.159. The quantitative estimate of drug-likeness (QED) is 0.729. The predicted octanol–water partition coefficient (Wildman–Crippen LogP) is 4.88. The minimum atomic E-state index is -0.473. The van der Waals surface area contributed by atoms with Gasteiger partial charge in [-0.05, 0) is 25.3 Å². The number of carbonyl (C=O) groups excluding carboxylic acids is 1. The van der Waals surface area contributed by atoms with E-state index >= 15 is 0 Å². The Labute approximate surface area is 157 Å². The second kappa shape index (κ2) is 8.01. The Bertz CT molecular complexity index is 649. The number of hydrogen-bond donors (Lipinski definition) is 0. The first-order chi connectivity index (χ1) is 12.5. The van der Waals surface area contributed by atoms with Gasteiger partial charge in [-0.1, -0.05) is 44.2 Å². The van der Waals surface area contributed by atoms with E-state index in [1.807, 2.05) is 13.0 Å². The van der Waals surface area contributed by atoms with Crippen molar-refractivity contribution in [1.82, 2.24) is 0 Å². The molecule has 2 aliphatic rings. The van der Waals surface area contributed by atoms with Crippen molar-refractivity contribution in [3.63, 3.8) is 0 Å². The van der Waals surface area contributed by atoms with Crippen LogP contribution in [-0.2, 0) is 14.3 Å². The van der Waals surface area contributed by atoms with Crippen LogP contribution in [0.5, 0.6) is 0 Å². The average molecular weight is 357 g/mol. The third kappa shape index (κ3) is 4.24. The van der Waals surface area contributed by atoms with Crippen molar-refractivity contribution in [2.24, 2.45) is 10.4 Å². The Morgan fingerprint density at radius 2 is 1.92 bits per heavy atom. The van der Waals surface area contributed by atoms with Crippen molar-refractivity contribution >= 4 is 11.5 Å². The highest BCUT2D eigenvalue weighted by Crippen LogP contribution is 2.47. The molecular weight excluding hydrogens is 326 g/mol. The molecule has 1 aromatic carbocycles. The molecule has 3 rings (SSSR count). The molecular formula is C22H31NO3. The van der Waals surface area contributed by atoms with Crippen LogP contribution in [0.4, 0.5) is 0 Å². The third-order valence-corrected chi connectivity index (χ3v) is 5.89. The van der Waals surface area contributed by atoms with Gasteiger partial charge in [-0.25, -0.2) is 0 Å². The van der Waals surface area contributed by atoms with Crippen LogP contribution in [0.2, 0.25) is 0 Å². The van der Waals surface area contributed by atoms with Crippen LogP contribution >= 0.6 is 0 Å². The fourth-order valence-electron chi connectivity index (χ4n) is 4.22. The van der Waals surface area contributed by atoms with E-state index in [2.05, 4.69) is 38.1 Å². The lowest BCUT2D eigenvalue weighted by atomic mass is 9.68. The zero-order valence-corrected chi connectivity index (χ0v) is 16.3. The van der Waals surface area contributed by atoms with Crippen LogP contribution in [0.15, 0.2) is 35.3 Å². The van der Waals surface area contributed by atoms with Crippen LogP contribution in [0.1, 0.15) is 70.9 Å². The first-order valence-electron chi connectivity index (χ1n) is 9.88. The first-order valence-corrected chi connectivity index (χ1v) is 9.88. The SMILES string of the molecule is CCC(=O)CC[C@]1(C)CC2(CCC1=N[C@H](C)c1ccccc1)OCCO2. The highest BCUT2D eigenvalue weighted by Gasteiger charge is 2.49. The molecule has 0 amide bonds. The Balaban J connectivity index is 1.83. The van der Waals surface area contributed by atoms with E-state index in [0.29, 0.717) is 31.8 Å². The van der Waals surface area contributed by atoms with E-state index in [0.717, 1.165) is 25.7 Å². The van der Waals surface area contributed by atoms with E-state index < -0.39 is 5.79 Å². The molecule has 0 N–H and O–H groups in total. The number of carbonyl (C=O) groups is 1. The number of hydrogen-bond acceptors (Lipinski definition) is 4. The van der Waals surface area contributed by atoms with Gasteiger partial charge in [0.2, 0.25) is 0 Å². The lowest BCUT2D eigenvalue weighted by Crippen LogP contribution is -2.46. The normalized spacial score (nSPS) is 27.7. The van der Waals surface area contributed by atoms with E-state index in [1.165, 1.54) is 11.3 Å². The standard InChI is InChI=1S/C22H31NO3/c1-4-19(24)10-12-21(3)16-22(25-14-15-26-22)13-11-20(21)23-17(2)18-8-6-5-7-9-18/h5-9,17H,4,10-16H2,1-3H3/t17-,21-/m1/s1. The molecule has 142 valence electrons. The topological polar surface area (TPSA) is 47.9 Å². The van der Waals surface area contributed by atoms with E-state index in [1.54, 1.807) is 0 Å².